The van der Waals surface area contributed by atoms with Crippen LogP contribution in [0.1, 0.15) is 44.6 Å². The zero-order valence-electron chi connectivity index (χ0n) is 18.5. The maximum atomic E-state index is 13.8. The molecule has 176 valence electrons. The summed E-state index contributed by atoms with van der Waals surface area (Å²) < 4.78 is 44.6. The van der Waals surface area contributed by atoms with Crippen molar-refractivity contribution in [3.63, 3.8) is 0 Å². The zero-order chi connectivity index (χ0) is 23.0. The molecule has 2 saturated heterocycles. The van der Waals surface area contributed by atoms with Crippen LogP contribution < -0.4 is 5.32 Å². The van der Waals surface area contributed by atoms with Gasteiger partial charge >= 0.3 is 6.09 Å². The molecule has 3 aliphatic rings. The van der Waals surface area contributed by atoms with Gasteiger partial charge in [0, 0.05) is 36.3 Å². The molecule has 2 fully saturated rings. The second kappa shape index (κ2) is 8.92. The standard InChI is InChI=1S/C23H30F3N3O3/c1-14-16-11-17(25)18(26)12-19(16)27-21(30)20(14)15-3-7-29(8-4-15)23(2)5-9-28(13-23)22(31)32-10-6-24/h11-12,14-15,20H,3-10,13H2,1-2H3,(H,27,30). The topological polar surface area (TPSA) is 61.9 Å². The van der Waals surface area contributed by atoms with E-state index in [0.717, 1.165) is 38.4 Å². The van der Waals surface area contributed by atoms with Crippen molar-refractivity contribution in [3.05, 3.63) is 29.3 Å². The fourth-order valence-corrected chi connectivity index (χ4v) is 5.68. The van der Waals surface area contributed by atoms with Crippen LogP contribution >= 0.6 is 0 Å². The number of anilines is 1. The molecule has 4 rings (SSSR count). The summed E-state index contributed by atoms with van der Waals surface area (Å²) in [5.41, 5.74) is 0.808. The number of fused-ring (bicyclic) bond motifs is 1. The number of piperidine rings is 1. The molecule has 0 aromatic heterocycles. The van der Waals surface area contributed by atoms with Gasteiger partial charge in [-0.25, -0.2) is 18.0 Å². The second-order valence-electron chi connectivity index (χ2n) is 9.45. The Bertz CT molecular complexity index is 891. The molecular formula is C23H30F3N3O3. The lowest BCUT2D eigenvalue weighted by molar-refractivity contribution is -0.123. The van der Waals surface area contributed by atoms with E-state index in [1.807, 2.05) is 6.92 Å². The predicted octanol–water partition coefficient (Wildman–Crippen LogP) is 3.92. The first kappa shape index (κ1) is 22.9. The molecule has 0 bridgehead atoms. The quantitative estimate of drug-likeness (QED) is 0.751. The Morgan fingerprint density at radius 3 is 2.59 bits per heavy atom. The highest BCUT2D eigenvalue weighted by Crippen LogP contribution is 2.44. The molecule has 32 heavy (non-hydrogen) atoms. The number of likely N-dealkylation sites (tertiary alicyclic amines) is 2. The molecule has 0 saturated carbocycles. The van der Waals surface area contributed by atoms with E-state index in [2.05, 4.69) is 17.1 Å². The smallest absolute Gasteiger partial charge is 0.409 e. The molecule has 0 radical (unpaired) electrons. The summed E-state index contributed by atoms with van der Waals surface area (Å²) in [6, 6.07) is 2.26. The second-order valence-corrected chi connectivity index (χ2v) is 9.45. The molecule has 3 atom stereocenters. The molecule has 9 heteroatoms. The number of ether oxygens (including phenoxy) is 1. The van der Waals surface area contributed by atoms with Crippen LogP contribution in [-0.2, 0) is 9.53 Å². The lowest BCUT2D eigenvalue weighted by Crippen LogP contribution is -2.53. The number of carbonyl (C=O) groups excluding carboxylic acids is 2. The molecule has 3 aliphatic heterocycles. The molecular weight excluding hydrogens is 423 g/mol. The van der Waals surface area contributed by atoms with Crippen LogP contribution in [0.5, 0.6) is 0 Å². The van der Waals surface area contributed by atoms with Gasteiger partial charge in [0.05, 0.1) is 0 Å². The summed E-state index contributed by atoms with van der Waals surface area (Å²) in [5, 5.41) is 2.77. The first-order chi connectivity index (χ1) is 15.2. The number of amides is 2. The highest BCUT2D eigenvalue weighted by Gasteiger charge is 2.45. The van der Waals surface area contributed by atoms with Crippen LogP contribution in [0.4, 0.5) is 23.7 Å². The van der Waals surface area contributed by atoms with Gasteiger partial charge in [0.2, 0.25) is 5.91 Å². The Balaban J connectivity index is 1.39. The normalized spacial score (nSPS) is 29.0. The number of carbonyl (C=O) groups is 2. The number of nitrogens with zero attached hydrogens (tertiary/aromatic N) is 2. The lowest BCUT2D eigenvalue weighted by Gasteiger charge is -2.45. The molecule has 3 heterocycles. The number of benzene rings is 1. The summed E-state index contributed by atoms with van der Waals surface area (Å²) in [5.74, 6) is -2.35. The number of alkyl halides is 1. The molecule has 0 aliphatic carbocycles. The SMILES string of the molecule is CC1c2cc(F)c(F)cc2NC(=O)C1C1CCN(C2(C)CCN(C(=O)OCCF)C2)CC1. The van der Waals surface area contributed by atoms with E-state index >= 15 is 0 Å². The van der Waals surface area contributed by atoms with Gasteiger partial charge in [0.25, 0.3) is 0 Å². The van der Waals surface area contributed by atoms with Crippen LogP contribution in [-0.4, -0.2) is 66.8 Å². The van der Waals surface area contributed by atoms with E-state index < -0.39 is 24.4 Å². The van der Waals surface area contributed by atoms with Crippen molar-refractivity contribution in [1.82, 2.24) is 9.80 Å². The summed E-state index contributed by atoms with van der Waals surface area (Å²) in [7, 11) is 0. The third-order valence-electron chi connectivity index (χ3n) is 7.51. The maximum Gasteiger partial charge on any atom is 0.409 e. The van der Waals surface area contributed by atoms with Gasteiger partial charge in [-0.05, 0) is 62.7 Å². The average molecular weight is 454 g/mol. The summed E-state index contributed by atoms with van der Waals surface area (Å²) in [6.07, 6.45) is 1.95. The largest absolute Gasteiger partial charge is 0.447 e. The van der Waals surface area contributed by atoms with E-state index in [9.17, 15) is 22.8 Å². The van der Waals surface area contributed by atoms with Crippen LogP contribution in [0.25, 0.3) is 0 Å². The van der Waals surface area contributed by atoms with Crippen LogP contribution in [0.15, 0.2) is 12.1 Å². The maximum absolute atomic E-state index is 13.8. The Hall–Kier alpha value is -2.29. The Morgan fingerprint density at radius 2 is 1.91 bits per heavy atom. The molecule has 2 amide bonds. The highest BCUT2D eigenvalue weighted by atomic mass is 19.2. The van der Waals surface area contributed by atoms with Gasteiger partial charge in [-0.1, -0.05) is 6.92 Å². The number of halogens is 3. The number of hydrogen-bond donors (Lipinski definition) is 1. The van der Waals surface area contributed by atoms with Gasteiger partial charge in [-0.3, -0.25) is 9.69 Å². The molecule has 3 unspecified atom stereocenters. The zero-order valence-corrected chi connectivity index (χ0v) is 18.5. The van der Waals surface area contributed by atoms with E-state index in [1.165, 1.54) is 6.07 Å². The van der Waals surface area contributed by atoms with Crippen molar-refractivity contribution < 1.29 is 27.5 Å². The van der Waals surface area contributed by atoms with E-state index in [4.69, 9.17) is 4.74 Å². The van der Waals surface area contributed by atoms with Crippen molar-refractivity contribution >= 4 is 17.7 Å². The molecule has 0 spiro atoms. The number of hydrogen-bond acceptors (Lipinski definition) is 4. The highest BCUT2D eigenvalue weighted by molar-refractivity contribution is 5.96. The van der Waals surface area contributed by atoms with E-state index in [-0.39, 0.29) is 35.8 Å². The fourth-order valence-electron chi connectivity index (χ4n) is 5.68. The van der Waals surface area contributed by atoms with Crippen molar-refractivity contribution in [3.8, 4) is 0 Å². The van der Waals surface area contributed by atoms with E-state index in [1.54, 1.807) is 4.90 Å². The first-order valence-corrected chi connectivity index (χ1v) is 11.3. The number of rotatable bonds is 4. The lowest BCUT2D eigenvalue weighted by atomic mass is 9.71. The molecule has 1 aromatic rings. The van der Waals surface area contributed by atoms with Crippen molar-refractivity contribution in [1.29, 1.82) is 0 Å². The third kappa shape index (κ3) is 4.19. The monoisotopic (exact) mass is 453 g/mol. The predicted molar refractivity (Wildman–Crippen MR) is 113 cm³/mol. The molecule has 6 nitrogen and oxygen atoms in total. The average Bonchev–Trinajstić information content (AvgIpc) is 3.17. The van der Waals surface area contributed by atoms with Gasteiger partial charge in [0.1, 0.15) is 13.3 Å². The Morgan fingerprint density at radius 1 is 1.22 bits per heavy atom. The van der Waals surface area contributed by atoms with E-state index in [0.29, 0.717) is 24.3 Å². The molecule has 1 N–H and O–H groups in total. The van der Waals surface area contributed by atoms with Crippen LogP contribution in [0.3, 0.4) is 0 Å². The number of nitrogens with one attached hydrogen (secondary N) is 1. The molecule has 1 aromatic carbocycles. The summed E-state index contributed by atoms with van der Waals surface area (Å²) >= 11 is 0. The minimum atomic E-state index is -0.963. The minimum Gasteiger partial charge on any atom is -0.447 e. The van der Waals surface area contributed by atoms with Crippen molar-refractivity contribution in [2.75, 3.05) is 44.8 Å². The van der Waals surface area contributed by atoms with Crippen LogP contribution in [0, 0.1) is 23.5 Å². The van der Waals surface area contributed by atoms with Gasteiger partial charge in [0.15, 0.2) is 11.6 Å². The van der Waals surface area contributed by atoms with Gasteiger partial charge < -0.3 is 15.0 Å². The van der Waals surface area contributed by atoms with Crippen molar-refractivity contribution in [2.24, 2.45) is 11.8 Å². The van der Waals surface area contributed by atoms with Crippen LogP contribution in [0.2, 0.25) is 0 Å². The van der Waals surface area contributed by atoms with Gasteiger partial charge in [-0.2, -0.15) is 0 Å². The Labute approximate surface area is 186 Å². The minimum absolute atomic E-state index is 0.136. The fraction of sp³-hybridized carbons (Fsp3) is 0.652. The summed E-state index contributed by atoms with van der Waals surface area (Å²) in [6.45, 7) is 5.79. The Kier molecular flexibility index (Phi) is 6.38. The van der Waals surface area contributed by atoms with Crippen molar-refractivity contribution in [2.45, 2.75) is 44.6 Å². The van der Waals surface area contributed by atoms with Gasteiger partial charge in [-0.15, -0.1) is 0 Å². The first-order valence-electron chi connectivity index (χ1n) is 11.3. The third-order valence-corrected chi connectivity index (χ3v) is 7.51. The summed E-state index contributed by atoms with van der Waals surface area (Å²) in [4.78, 5) is 28.9.